The van der Waals surface area contributed by atoms with Crippen molar-refractivity contribution in [2.45, 2.75) is 6.92 Å². The van der Waals surface area contributed by atoms with E-state index in [-0.39, 0.29) is 0 Å². The Morgan fingerprint density at radius 2 is 1.74 bits per heavy atom. The fourth-order valence-corrected chi connectivity index (χ4v) is 2.20. The SMILES string of the molecule is Cc1nc(Oc2cccc3ccccc23)ccc1Br. The Morgan fingerprint density at radius 3 is 2.58 bits per heavy atom. The molecule has 1 aromatic heterocycles. The summed E-state index contributed by atoms with van der Waals surface area (Å²) in [6.07, 6.45) is 0. The molecule has 2 nitrogen and oxygen atoms in total. The molecular weight excluding hydrogens is 302 g/mol. The highest BCUT2D eigenvalue weighted by atomic mass is 79.9. The predicted octanol–water partition coefficient (Wildman–Crippen LogP) is 5.10. The largest absolute Gasteiger partial charge is 0.438 e. The van der Waals surface area contributed by atoms with Crippen LogP contribution in [0.5, 0.6) is 11.6 Å². The van der Waals surface area contributed by atoms with E-state index in [1.807, 2.05) is 43.3 Å². The van der Waals surface area contributed by atoms with Gasteiger partial charge in [-0.05, 0) is 40.4 Å². The highest BCUT2D eigenvalue weighted by molar-refractivity contribution is 9.10. The van der Waals surface area contributed by atoms with E-state index in [9.17, 15) is 0 Å². The summed E-state index contributed by atoms with van der Waals surface area (Å²) in [7, 11) is 0. The van der Waals surface area contributed by atoms with Gasteiger partial charge in [-0.2, -0.15) is 0 Å². The van der Waals surface area contributed by atoms with Crippen LogP contribution in [0.1, 0.15) is 5.69 Å². The number of hydrogen-bond acceptors (Lipinski definition) is 2. The molecule has 0 aliphatic rings. The standard InChI is InChI=1S/C16H12BrNO/c1-11-14(17)9-10-16(18-11)19-15-8-4-6-12-5-2-3-7-13(12)15/h2-10H,1H3. The second-order valence-corrected chi connectivity index (χ2v) is 5.15. The van der Waals surface area contributed by atoms with Gasteiger partial charge in [0, 0.05) is 15.9 Å². The maximum absolute atomic E-state index is 5.90. The Balaban J connectivity index is 2.03. The lowest BCUT2D eigenvalue weighted by atomic mass is 10.1. The molecule has 3 rings (SSSR count). The summed E-state index contributed by atoms with van der Waals surface area (Å²) in [5.41, 5.74) is 0.915. The molecule has 0 saturated heterocycles. The monoisotopic (exact) mass is 313 g/mol. The molecule has 0 atom stereocenters. The van der Waals surface area contributed by atoms with E-state index in [1.165, 1.54) is 0 Å². The second kappa shape index (κ2) is 5.02. The van der Waals surface area contributed by atoms with Gasteiger partial charge in [0.05, 0.1) is 5.69 Å². The molecule has 0 amide bonds. The molecule has 3 aromatic rings. The fraction of sp³-hybridized carbons (Fsp3) is 0.0625. The third-order valence-electron chi connectivity index (χ3n) is 2.96. The Bertz CT molecular complexity index is 734. The van der Waals surface area contributed by atoms with Gasteiger partial charge in [-0.3, -0.25) is 0 Å². The topological polar surface area (TPSA) is 22.1 Å². The molecule has 0 aliphatic heterocycles. The molecule has 94 valence electrons. The molecule has 19 heavy (non-hydrogen) atoms. The van der Waals surface area contributed by atoms with Crippen LogP contribution in [0.25, 0.3) is 10.8 Å². The molecule has 0 saturated carbocycles. The summed E-state index contributed by atoms with van der Waals surface area (Å²) in [5.74, 6) is 1.43. The summed E-state index contributed by atoms with van der Waals surface area (Å²) in [6, 6.07) is 18.0. The van der Waals surface area contributed by atoms with Gasteiger partial charge in [-0.25, -0.2) is 4.98 Å². The zero-order chi connectivity index (χ0) is 13.2. The van der Waals surface area contributed by atoms with E-state index < -0.39 is 0 Å². The van der Waals surface area contributed by atoms with Gasteiger partial charge in [0.1, 0.15) is 5.75 Å². The van der Waals surface area contributed by atoms with Crippen molar-refractivity contribution in [2.75, 3.05) is 0 Å². The van der Waals surface area contributed by atoms with Crippen molar-refractivity contribution in [3.05, 3.63) is 64.8 Å². The zero-order valence-electron chi connectivity index (χ0n) is 10.4. The van der Waals surface area contributed by atoms with Crippen LogP contribution in [0, 0.1) is 6.92 Å². The molecule has 3 heteroatoms. The Hall–Kier alpha value is -1.87. The maximum atomic E-state index is 5.90. The number of hydrogen-bond donors (Lipinski definition) is 0. The first-order valence-electron chi connectivity index (χ1n) is 6.03. The molecule has 0 N–H and O–H groups in total. The average molecular weight is 314 g/mol. The van der Waals surface area contributed by atoms with E-state index in [4.69, 9.17) is 4.74 Å². The van der Waals surface area contributed by atoms with Crippen molar-refractivity contribution in [1.82, 2.24) is 4.98 Å². The third-order valence-corrected chi connectivity index (χ3v) is 3.80. The quantitative estimate of drug-likeness (QED) is 0.656. The lowest BCUT2D eigenvalue weighted by Gasteiger charge is -2.09. The Labute approximate surface area is 120 Å². The number of ether oxygens (including phenoxy) is 1. The van der Waals surface area contributed by atoms with Crippen molar-refractivity contribution in [1.29, 1.82) is 0 Å². The minimum absolute atomic E-state index is 0.608. The van der Waals surface area contributed by atoms with Crippen LogP contribution < -0.4 is 4.74 Å². The molecule has 0 unspecified atom stereocenters. The first kappa shape index (κ1) is 12.2. The van der Waals surface area contributed by atoms with Gasteiger partial charge < -0.3 is 4.74 Å². The van der Waals surface area contributed by atoms with Gasteiger partial charge in [0.2, 0.25) is 5.88 Å². The third kappa shape index (κ3) is 2.47. The zero-order valence-corrected chi connectivity index (χ0v) is 12.0. The van der Waals surface area contributed by atoms with E-state index in [0.29, 0.717) is 5.88 Å². The fourth-order valence-electron chi connectivity index (χ4n) is 1.98. The van der Waals surface area contributed by atoms with Crippen molar-refractivity contribution in [3.8, 4) is 11.6 Å². The van der Waals surface area contributed by atoms with Crippen LogP contribution in [0.3, 0.4) is 0 Å². The maximum Gasteiger partial charge on any atom is 0.219 e. The van der Waals surface area contributed by atoms with Crippen LogP contribution in [0.4, 0.5) is 0 Å². The number of fused-ring (bicyclic) bond motifs is 1. The van der Waals surface area contributed by atoms with Crippen molar-refractivity contribution < 1.29 is 4.74 Å². The highest BCUT2D eigenvalue weighted by Crippen LogP contribution is 2.29. The minimum Gasteiger partial charge on any atom is -0.438 e. The van der Waals surface area contributed by atoms with Crippen molar-refractivity contribution >= 4 is 26.7 Å². The molecule has 2 aromatic carbocycles. The van der Waals surface area contributed by atoms with E-state index in [1.54, 1.807) is 0 Å². The molecule has 0 radical (unpaired) electrons. The van der Waals surface area contributed by atoms with E-state index in [0.717, 1.165) is 26.7 Å². The average Bonchev–Trinajstić information content (AvgIpc) is 2.43. The van der Waals surface area contributed by atoms with Crippen LogP contribution in [0.15, 0.2) is 59.1 Å². The normalized spacial score (nSPS) is 10.6. The summed E-state index contributed by atoms with van der Waals surface area (Å²) in [4.78, 5) is 4.41. The minimum atomic E-state index is 0.608. The lowest BCUT2D eigenvalue weighted by Crippen LogP contribution is -1.91. The van der Waals surface area contributed by atoms with Crippen LogP contribution in [-0.2, 0) is 0 Å². The number of rotatable bonds is 2. The van der Waals surface area contributed by atoms with E-state index in [2.05, 4.69) is 39.1 Å². The summed E-state index contributed by atoms with van der Waals surface area (Å²) < 4.78 is 6.88. The number of aryl methyl sites for hydroxylation is 1. The Kier molecular flexibility index (Phi) is 3.22. The summed E-state index contributed by atoms with van der Waals surface area (Å²) in [5, 5.41) is 2.25. The van der Waals surface area contributed by atoms with Crippen molar-refractivity contribution in [3.63, 3.8) is 0 Å². The lowest BCUT2D eigenvalue weighted by molar-refractivity contribution is 0.466. The van der Waals surface area contributed by atoms with Gasteiger partial charge in [0.15, 0.2) is 0 Å². The highest BCUT2D eigenvalue weighted by Gasteiger charge is 2.05. The van der Waals surface area contributed by atoms with E-state index >= 15 is 0 Å². The van der Waals surface area contributed by atoms with Crippen LogP contribution in [0.2, 0.25) is 0 Å². The second-order valence-electron chi connectivity index (χ2n) is 4.30. The predicted molar refractivity (Wildman–Crippen MR) is 80.7 cm³/mol. The molecular formula is C16H12BrNO. The number of aromatic nitrogens is 1. The smallest absolute Gasteiger partial charge is 0.219 e. The molecule has 0 spiro atoms. The first-order chi connectivity index (χ1) is 9.24. The van der Waals surface area contributed by atoms with Gasteiger partial charge in [0.25, 0.3) is 0 Å². The first-order valence-corrected chi connectivity index (χ1v) is 6.82. The number of halogens is 1. The molecule has 0 fully saturated rings. The Morgan fingerprint density at radius 1 is 0.947 bits per heavy atom. The molecule has 0 aliphatic carbocycles. The van der Waals surface area contributed by atoms with Crippen LogP contribution in [-0.4, -0.2) is 4.98 Å². The van der Waals surface area contributed by atoms with Gasteiger partial charge in [-0.1, -0.05) is 36.4 Å². The molecule has 0 bridgehead atoms. The number of nitrogens with zero attached hydrogens (tertiary/aromatic N) is 1. The van der Waals surface area contributed by atoms with Gasteiger partial charge in [-0.15, -0.1) is 0 Å². The summed E-state index contributed by atoms with van der Waals surface area (Å²) in [6.45, 7) is 1.94. The molecule has 1 heterocycles. The number of benzene rings is 2. The number of pyridine rings is 1. The van der Waals surface area contributed by atoms with Crippen molar-refractivity contribution in [2.24, 2.45) is 0 Å². The van der Waals surface area contributed by atoms with Gasteiger partial charge >= 0.3 is 0 Å². The summed E-state index contributed by atoms with van der Waals surface area (Å²) >= 11 is 3.44. The van der Waals surface area contributed by atoms with Crippen LogP contribution >= 0.6 is 15.9 Å².